The van der Waals surface area contributed by atoms with Crippen LogP contribution in [-0.2, 0) is 9.59 Å². The molecule has 176 valence electrons. The Labute approximate surface area is 203 Å². The minimum Gasteiger partial charge on any atom is -0.507 e. The van der Waals surface area contributed by atoms with Gasteiger partial charge in [0.15, 0.2) is 0 Å². The summed E-state index contributed by atoms with van der Waals surface area (Å²) >= 11 is 6.33. The Morgan fingerprint density at radius 1 is 1.03 bits per heavy atom. The minimum atomic E-state index is -0.747. The van der Waals surface area contributed by atoms with Crippen LogP contribution in [0.25, 0.3) is 16.5 Å². The van der Waals surface area contributed by atoms with Crippen molar-refractivity contribution in [3.8, 4) is 11.5 Å². The highest BCUT2D eigenvalue weighted by atomic mass is 35.5. The Balaban J connectivity index is 1.99. The van der Waals surface area contributed by atoms with E-state index in [0.717, 1.165) is 29.2 Å². The van der Waals surface area contributed by atoms with Crippen LogP contribution < -0.4 is 9.47 Å². The van der Waals surface area contributed by atoms with E-state index in [1.807, 2.05) is 49.4 Å². The Morgan fingerprint density at radius 2 is 1.74 bits per heavy atom. The van der Waals surface area contributed by atoms with Crippen LogP contribution in [0.15, 0.2) is 60.2 Å². The SMILES string of the molecule is CCCCN1C(=O)C(=O)/C(=C(/O)c2cc(Cl)c(OC)cc2OC)C1c1cccc2ccccc12. The summed E-state index contributed by atoms with van der Waals surface area (Å²) in [5, 5.41) is 13.6. The van der Waals surface area contributed by atoms with Crippen LogP contribution in [-0.4, -0.2) is 42.5 Å². The molecule has 1 heterocycles. The Bertz CT molecular complexity index is 1290. The molecule has 1 saturated heterocycles. The lowest BCUT2D eigenvalue weighted by Crippen LogP contribution is -2.30. The number of aliphatic hydroxyl groups excluding tert-OH is 1. The predicted molar refractivity (Wildman–Crippen MR) is 132 cm³/mol. The second-order valence-electron chi connectivity index (χ2n) is 8.10. The second kappa shape index (κ2) is 9.77. The maximum Gasteiger partial charge on any atom is 0.295 e. The monoisotopic (exact) mass is 479 g/mol. The fourth-order valence-corrected chi connectivity index (χ4v) is 4.68. The van der Waals surface area contributed by atoms with Gasteiger partial charge in [-0.05, 0) is 28.8 Å². The number of fused-ring (bicyclic) bond motifs is 1. The number of aliphatic hydroxyl groups is 1. The fraction of sp³-hybridized carbons (Fsp3) is 0.259. The lowest BCUT2D eigenvalue weighted by Gasteiger charge is -2.26. The first-order chi connectivity index (χ1) is 16.4. The molecule has 1 amide bonds. The molecule has 34 heavy (non-hydrogen) atoms. The number of nitrogens with zero attached hydrogens (tertiary/aromatic N) is 1. The third-order valence-electron chi connectivity index (χ3n) is 6.14. The highest BCUT2D eigenvalue weighted by Gasteiger charge is 2.46. The number of methoxy groups -OCH3 is 2. The van der Waals surface area contributed by atoms with E-state index in [4.69, 9.17) is 21.1 Å². The number of hydrogen-bond donors (Lipinski definition) is 1. The Kier molecular flexibility index (Phi) is 6.80. The van der Waals surface area contributed by atoms with Crippen LogP contribution >= 0.6 is 11.6 Å². The van der Waals surface area contributed by atoms with Crippen LogP contribution in [0, 0.1) is 0 Å². The molecule has 3 aromatic carbocycles. The van der Waals surface area contributed by atoms with Crippen LogP contribution in [0.3, 0.4) is 0 Å². The molecule has 0 spiro atoms. The normalized spacial score (nSPS) is 17.4. The number of rotatable bonds is 7. The van der Waals surface area contributed by atoms with Gasteiger partial charge in [-0.1, -0.05) is 67.4 Å². The summed E-state index contributed by atoms with van der Waals surface area (Å²) in [6, 6.07) is 15.8. The summed E-state index contributed by atoms with van der Waals surface area (Å²) in [5.41, 5.74) is 0.998. The zero-order valence-corrected chi connectivity index (χ0v) is 20.1. The van der Waals surface area contributed by atoms with Crippen molar-refractivity contribution in [2.45, 2.75) is 25.8 Å². The van der Waals surface area contributed by atoms with Crippen molar-refractivity contribution in [3.05, 3.63) is 76.3 Å². The third-order valence-corrected chi connectivity index (χ3v) is 6.43. The zero-order chi connectivity index (χ0) is 24.4. The lowest BCUT2D eigenvalue weighted by atomic mass is 9.91. The molecule has 1 fully saturated rings. The largest absolute Gasteiger partial charge is 0.507 e. The molecule has 1 aliphatic rings. The first kappa shape index (κ1) is 23.6. The molecule has 0 aromatic heterocycles. The summed E-state index contributed by atoms with van der Waals surface area (Å²) < 4.78 is 10.7. The summed E-state index contributed by atoms with van der Waals surface area (Å²) in [7, 11) is 2.92. The lowest BCUT2D eigenvalue weighted by molar-refractivity contribution is -0.139. The summed E-state index contributed by atoms with van der Waals surface area (Å²) in [6.45, 7) is 2.42. The van der Waals surface area contributed by atoms with Crippen LogP contribution in [0.2, 0.25) is 5.02 Å². The van der Waals surface area contributed by atoms with Gasteiger partial charge in [0, 0.05) is 12.6 Å². The number of carbonyl (C=O) groups is 2. The molecule has 0 saturated carbocycles. The topological polar surface area (TPSA) is 76.1 Å². The Morgan fingerprint density at radius 3 is 2.44 bits per heavy atom. The maximum absolute atomic E-state index is 13.3. The van der Waals surface area contributed by atoms with Gasteiger partial charge >= 0.3 is 0 Å². The van der Waals surface area contributed by atoms with E-state index in [-0.39, 0.29) is 27.7 Å². The number of amides is 1. The molecule has 6 nitrogen and oxygen atoms in total. The van der Waals surface area contributed by atoms with Gasteiger partial charge in [0.2, 0.25) is 0 Å². The van der Waals surface area contributed by atoms with E-state index < -0.39 is 17.7 Å². The molecule has 3 aromatic rings. The molecule has 7 heteroatoms. The highest BCUT2D eigenvalue weighted by Crippen LogP contribution is 2.44. The number of ketones is 1. The predicted octanol–water partition coefficient (Wildman–Crippen LogP) is 5.73. The highest BCUT2D eigenvalue weighted by molar-refractivity contribution is 6.46. The van der Waals surface area contributed by atoms with Crippen LogP contribution in [0.1, 0.15) is 36.9 Å². The standard InChI is InChI=1S/C27H26ClNO5/c1-4-5-13-29-24(18-12-8-10-16-9-6-7-11-17(16)18)23(26(31)27(29)32)25(30)19-14-20(28)22(34-3)15-21(19)33-2/h6-12,14-15,24,30H,4-5,13H2,1-3H3/b25-23+. The average Bonchev–Trinajstić information content (AvgIpc) is 3.11. The average molecular weight is 480 g/mol. The molecular formula is C27H26ClNO5. The molecule has 0 radical (unpaired) electrons. The Hall–Kier alpha value is -3.51. The number of benzene rings is 3. The molecule has 0 aliphatic carbocycles. The van der Waals surface area contributed by atoms with Crippen LogP contribution in [0.4, 0.5) is 0 Å². The van der Waals surface area contributed by atoms with Gasteiger partial charge in [-0.25, -0.2) is 0 Å². The van der Waals surface area contributed by atoms with Crippen molar-refractivity contribution in [1.82, 2.24) is 4.90 Å². The number of halogens is 1. The number of likely N-dealkylation sites (tertiary alicyclic amines) is 1. The number of hydrogen-bond acceptors (Lipinski definition) is 5. The van der Waals surface area contributed by atoms with E-state index in [1.165, 1.54) is 26.4 Å². The van der Waals surface area contributed by atoms with E-state index in [0.29, 0.717) is 12.3 Å². The van der Waals surface area contributed by atoms with Crippen molar-refractivity contribution in [3.63, 3.8) is 0 Å². The quantitative estimate of drug-likeness (QED) is 0.266. The van der Waals surface area contributed by atoms with Gasteiger partial charge in [0.25, 0.3) is 11.7 Å². The molecule has 0 bridgehead atoms. The van der Waals surface area contributed by atoms with Gasteiger partial charge in [0.05, 0.1) is 36.4 Å². The fourth-order valence-electron chi connectivity index (χ4n) is 4.44. The van der Waals surface area contributed by atoms with Gasteiger partial charge in [-0.2, -0.15) is 0 Å². The number of carbonyl (C=O) groups excluding carboxylic acids is 2. The van der Waals surface area contributed by atoms with Gasteiger partial charge in [-0.3, -0.25) is 9.59 Å². The summed E-state index contributed by atoms with van der Waals surface area (Å²) in [4.78, 5) is 28.0. The third kappa shape index (κ3) is 3.99. The number of Topliss-reactive ketones (excluding diaryl/α,β-unsaturated/α-hetero) is 1. The van der Waals surface area contributed by atoms with E-state index in [1.54, 1.807) is 4.90 Å². The van der Waals surface area contributed by atoms with Crippen molar-refractivity contribution in [2.24, 2.45) is 0 Å². The van der Waals surface area contributed by atoms with Gasteiger partial charge < -0.3 is 19.5 Å². The molecule has 1 N–H and O–H groups in total. The summed E-state index contributed by atoms with van der Waals surface area (Å²) in [6.07, 6.45) is 1.58. The first-order valence-corrected chi connectivity index (χ1v) is 11.5. The molecule has 1 aliphatic heterocycles. The molecule has 1 atom stereocenters. The van der Waals surface area contributed by atoms with Crippen molar-refractivity contribution in [2.75, 3.05) is 20.8 Å². The second-order valence-corrected chi connectivity index (χ2v) is 8.51. The minimum absolute atomic E-state index is 0.0111. The molecule has 4 rings (SSSR count). The number of unbranched alkanes of at least 4 members (excludes halogenated alkanes) is 1. The summed E-state index contributed by atoms with van der Waals surface area (Å²) in [5.74, 6) is -1.07. The smallest absolute Gasteiger partial charge is 0.295 e. The van der Waals surface area contributed by atoms with Gasteiger partial charge in [0.1, 0.15) is 17.3 Å². The maximum atomic E-state index is 13.3. The van der Waals surface area contributed by atoms with E-state index >= 15 is 0 Å². The van der Waals surface area contributed by atoms with E-state index in [2.05, 4.69) is 0 Å². The van der Waals surface area contributed by atoms with Crippen molar-refractivity contribution in [1.29, 1.82) is 0 Å². The van der Waals surface area contributed by atoms with E-state index in [9.17, 15) is 14.7 Å². The number of ether oxygens (including phenoxy) is 2. The van der Waals surface area contributed by atoms with Crippen molar-refractivity contribution >= 4 is 39.8 Å². The molecule has 1 unspecified atom stereocenters. The first-order valence-electron chi connectivity index (χ1n) is 11.1. The van der Waals surface area contributed by atoms with Crippen molar-refractivity contribution < 1.29 is 24.2 Å². The molecular weight excluding hydrogens is 454 g/mol. The zero-order valence-electron chi connectivity index (χ0n) is 19.3. The van der Waals surface area contributed by atoms with Crippen LogP contribution in [0.5, 0.6) is 11.5 Å². The van der Waals surface area contributed by atoms with Gasteiger partial charge in [-0.15, -0.1) is 0 Å².